The Kier molecular flexibility index (Phi) is 13.1. The topological polar surface area (TPSA) is 75.1 Å². The number of morpholine rings is 1. The number of hydrogen-bond donors (Lipinski definition) is 1. The largest absolute Gasteiger partial charge is 0.476 e. The predicted octanol–water partition coefficient (Wildman–Crippen LogP) is 4.90. The van der Waals surface area contributed by atoms with Gasteiger partial charge >= 0.3 is 0 Å². The van der Waals surface area contributed by atoms with Crippen molar-refractivity contribution in [2.45, 2.75) is 54.4 Å². The zero-order valence-corrected chi connectivity index (χ0v) is 22.5. The second-order valence-electron chi connectivity index (χ2n) is 8.38. The van der Waals surface area contributed by atoms with Gasteiger partial charge in [-0.2, -0.15) is 10.1 Å². The highest BCUT2D eigenvalue weighted by atomic mass is 16.5. The molecule has 2 aromatic rings. The minimum Gasteiger partial charge on any atom is -0.476 e. The Bertz CT molecular complexity index is 893. The smallest absolute Gasteiger partial charge is 0.219 e. The maximum atomic E-state index is 6.05. The van der Waals surface area contributed by atoms with Crippen molar-refractivity contribution < 1.29 is 9.47 Å². The molecule has 0 saturated carbocycles. The molecule has 1 aromatic heterocycles. The van der Waals surface area contributed by atoms with Crippen LogP contribution in [0.5, 0.6) is 5.88 Å². The molecule has 3 rings (SSSR count). The number of nitrogens with one attached hydrogen (secondary N) is 1. The van der Waals surface area contributed by atoms with Gasteiger partial charge in [0, 0.05) is 38.8 Å². The second-order valence-corrected chi connectivity index (χ2v) is 8.38. The van der Waals surface area contributed by atoms with Crippen molar-refractivity contribution in [3.05, 3.63) is 41.2 Å². The van der Waals surface area contributed by atoms with Crippen molar-refractivity contribution in [3.8, 4) is 5.88 Å². The van der Waals surface area contributed by atoms with E-state index in [0.717, 1.165) is 70.3 Å². The number of rotatable bonds is 12. The number of ether oxygens (including phenoxy) is 2. The summed E-state index contributed by atoms with van der Waals surface area (Å²) in [6.07, 6.45) is 3.76. The average Bonchev–Trinajstić information content (AvgIpc) is 2.88. The molecule has 0 radical (unpaired) electrons. The van der Waals surface area contributed by atoms with E-state index in [-0.39, 0.29) is 0 Å². The van der Waals surface area contributed by atoms with E-state index in [4.69, 9.17) is 14.5 Å². The van der Waals surface area contributed by atoms with Crippen molar-refractivity contribution >= 4 is 17.7 Å². The molecule has 2 heterocycles. The monoisotopic (exact) mass is 484 g/mol. The summed E-state index contributed by atoms with van der Waals surface area (Å²) in [6.45, 7) is 19.3. The zero-order valence-electron chi connectivity index (χ0n) is 22.5. The Morgan fingerprint density at radius 3 is 2.43 bits per heavy atom. The van der Waals surface area contributed by atoms with Gasteiger partial charge < -0.3 is 14.4 Å². The molecule has 0 aliphatic carbocycles. The zero-order chi connectivity index (χ0) is 25.5. The molecule has 0 atom stereocenters. The van der Waals surface area contributed by atoms with Crippen molar-refractivity contribution in [2.24, 2.45) is 5.10 Å². The van der Waals surface area contributed by atoms with E-state index in [1.807, 2.05) is 26.0 Å². The molecule has 1 fully saturated rings. The van der Waals surface area contributed by atoms with Crippen molar-refractivity contribution in [2.75, 3.05) is 62.9 Å². The summed E-state index contributed by atoms with van der Waals surface area (Å²) >= 11 is 0. The van der Waals surface area contributed by atoms with E-state index < -0.39 is 0 Å². The number of anilines is 2. The third-order valence-electron chi connectivity index (χ3n) is 5.66. The molecule has 1 N–H and O–H groups in total. The van der Waals surface area contributed by atoms with Crippen LogP contribution in [0.2, 0.25) is 0 Å². The average molecular weight is 485 g/mol. The summed E-state index contributed by atoms with van der Waals surface area (Å²) in [5.74, 6) is 1.99. The highest BCUT2D eigenvalue weighted by molar-refractivity contribution is 5.76. The van der Waals surface area contributed by atoms with Crippen LogP contribution in [-0.2, 0) is 4.74 Å². The van der Waals surface area contributed by atoms with Crippen LogP contribution in [0.1, 0.15) is 57.5 Å². The molecule has 35 heavy (non-hydrogen) atoms. The minimum absolute atomic E-state index is 0.530. The Morgan fingerprint density at radius 1 is 1.06 bits per heavy atom. The third-order valence-corrected chi connectivity index (χ3v) is 5.66. The van der Waals surface area contributed by atoms with Crippen LogP contribution in [0.15, 0.2) is 29.4 Å². The van der Waals surface area contributed by atoms with Gasteiger partial charge in [0.2, 0.25) is 5.88 Å². The van der Waals surface area contributed by atoms with Gasteiger partial charge in [0.1, 0.15) is 12.4 Å². The van der Waals surface area contributed by atoms with Gasteiger partial charge in [-0.15, -0.1) is 0 Å². The molecule has 1 aliphatic heterocycles. The van der Waals surface area contributed by atoms with Crippen LogP contribution in [0.25, 0.3) is 0 Å². The van der Waals surface area contributed by atoms with E-state index in [0.29, 0.717) is 18.3 Å². The molecule has 1 aliphatic rings. The molecule has 1 aromatic carbocycles. The fourth-order valence-corrected chi connectivity index (χ4v) is 3.68. The van der Waals surface area contributed by atoms with Gasteiger partial charge in [-0.25, -0.2) is 4.98 Å². The molecule has 194 valence electrons. The number of hydrogen-bond acceptors (Lipinski definition) is 8. The maximum absolute atomic E-state index is 6.05. The fourth-order valence-electron chi connectivity index (χ4n) is 3.68. The van der Waals surface area contributed by atoms with E-state index in [2.05, 4.69) is 65.1 Å². The lowest BCUT2D eigenvalue weighted by atomic mass is 10.1. The third kappa shape index (κ3) is 9.82. The van der Waals surface area contributed by atoms with Crippen molar-refractivity contribution in [3.63, 3.8) is 0 Å². The van der Waals surface area contributed by atoms with Crippen LogP contribution in [-0.4, -0.2) is 73.6 Å². The molecule has 0 spiro atoms. The van der Waals surface area contributed by atoms with E-state index in [1.54, 1.807) is 6.21 Å². The first kappa shape index (κ1) is 28.5. The summed E-state index contributed by atoms with van der Waals surface area (Å²) < 4.78 is 11.5. The Balaban J connectivity index is 0.00000210. The minimum atomic E-state index is 0.530. The first-order valence-electron chi connectivity index (χ1n) is 13.0. The van der Waals surface area contributed by atoms with E-state index >= 15 is 0 Å². The summed E-state index contributed by atoms with van der Waals surface area (Å²) in [7, 11) is 0. The van der Waals surface area contributed by atoms with Crippen LogP contribution in [0.3, 0.4) is 0 Å². The van der Waals surface area contributed by atoms with Gasteiger partial charge in [0.05, 0.1) is 25.1 Å². The lowest BCUT2D eigenvalue weighted by molar-refractivity contribution is 0.0320. The number of nitrogens with zero attached hydrogens (tertiary/aromatic N) is 5. The van der Waals surface area contributed by atoms with Gasteiger partial charge in [-0.3, -0.25) is 10.3 Å². The molecule has 0 unspecified atom stereocenters. The first-order valence-corrected chi connectivity index (χ1v) is 13.0. The predicted molar refractivity (Wildman–Crippen MR) is 146 cm³/mol. The van der Waals surface area contributed by atoms with Gasteiger partial charge in [-0.1, -0.05) is 33.8 Å². The number of aromatic nitrogens is 2. The van der Waals surface area contributed by atoms with Crippen LogP contribution in [0.4, 0.5) is 11.5 Å². The molecular formula is C27H44N6O2. The normalized spacial score (nSPS) is 13.9. The summed E-state index contributed by atoms with van der Waals surface area (Å²) in [5.41, 5.74) is 6.50. The molecule has 8 nitrogen and oxygen atoms in total. The van der Waals surface area contributed by atoms with Crippen molar-refractivity contribution in [1.29, 1.82) is 0 Å². The molecule has 1 saturated heterocycles. The fraction of sp³-hybridized carbons (Fsp3) is 0.593. The summed E-state index contributed by atoms with van der Waals surface area (Å²) in [6, 6.07) is 8.12. The molecule has 8 heteroatoms. The second kappa shape index (κ2) is 16.1. The number of hydrazone groups is 1. The lowest BCUT2D eigenvalue weighted by Crippen LogP contribution is -2.38. The van der Waals surface area contributed by atoms with E-state index in [9.17, 15) is 0 Å². The highest BCUT2D eigenvalue weighted by Crippen LogP contribution is 2.19. The number of aryl methyl sites for hydroxylation is 2. The standard InChI is InChI=1S/C25H38N6O2.C2H6/c1-5-9-31(10-6-2)24-18-25(33-16-13-30-11-14-32-15-12-30)28-23(27-24)19-26-29-22-8-7-20(3)21(4)17-22;1-2/h7-8,17-19,29H,5-6,9-16H2,1-4H3;1-2H3/b26-19+;. The Morgan fingerprint density at radius 2 is 1.77 bits per heavy atom. The van der Waals surface area contributed by atoms with Gasteiger partial charge in [0.15, 0.2) is 5.82 Å². The van der Waals surface area contributed by atoms with Crippen LogP contribution >= 0.6 is 0 Å². The Labute approximate surface area is 211 Å². The first-order chi connectivity index (χ1) is 17.1. The maximum Gasteiger partial charge on any atom is 0.219 e. The van der Waals surface area contributed by atoms with Crippen LogP contribution < -0.4 is 15.1 Å². The molecule has 0 bridgehead atoms. The van der Waals surface area contributed by atoms with Crippen LogP contribution in [0, 0.1) is 13.8 Å². The van der Waals surface area contributed by atoms with Gasteiger partial charge in [0.25, 0.3) is 0 Å². The summed E-state index contributed by atoms with van der Waals surface area (Å²) in [4.78, 5) is 14.0. The molecular weight excluding hydrogens is 440 g/mol. The Hall–Kier alpha value is -2.71. The van der Waals surface area contributed by atoms with E-state index in [1.165, 1.54) is 11.1 Å². The molecule has 0 amide bonds. The SMILES string of the molecule is CC.CCCN(CCC)c1cc(OCCN2CCOCC2)nc(/C=N/Nc2ccc(C)c(C)c2)n1. The highest BCUT2D eigenvalue weighted by Gasteiger charge is 2.13. The lowest BCUT2D eigenvalue weighted by Gasteiger charge is -2.26. The van der Waals surface area contributed by atoms with Gasteiger partial charge in [-0.05, 0) is 49.9 Å². The number of benzene rings is 1. The van der Waals surface area contributed by atoms with Crippen molar-refractivity contribution in [1.82, 2.24) is 14.9 Å². The quantitative estimate of drug-likeness (QED) is 0.339. The summed E-state index contributed by atoms with van der Waals surface area (Å²) in [5, 5.41) is 4.37.